The fourth-order valence-corrected chi connectivity index (χ4v) is 2.64. The summed E-state index contributed by atoms with van der Waals surface area (Å²) in [6.07, 6.45) is 0. The van der Waals surface area contributed by atoms with Gasteiger partial charge in [0.15, 0.2) is 17.5 Å². The van der Waals surface area contributed by atoms with Crippen molar-refractivity contribution in [2.45, 2.75) is 6.04 Å². The number of nitrogens with two attached hydrogens (primary N) is 1. The summed E-state index contributed by atoms with van der Waals surface area (Å²) in [6.45, 7) is 0. The zero-order valence-electron chi connectivity index (χ0n) is 15.1. The van der Waals surface area contributed by atoms with Gasteiger partial charge in [-0.05, 0) is 42.5 Å². The Morgan fingerprint density at radius 1 is 1.10 bits per heavy atom. The van der Waals surface area contributed by atoms with Gasteiger partial charge < -0.3 is 25.4 Å². The predicted molar refractivity (Wildman–Crippen MR) is 101 cm³/mol. The number of aliphatic carboxylic acids is 1. The van der Waals surface area contributed by atoms with E-state index in [0.717, 1.165) is 0 Å². The lowest BCUT2D eigenvalue weighted by atomic mass is 10.0. The van der Waals surface area contributed by atoms with E-state index in [-0.39, 0.29) is 16.5 Å². The molecule has 3 aromatic rings. The van der Waals surface area contributed by atoms with Crippen LogP contribution in [0.3, 0.4) is 0 Å². The number of carbonyl (C=O) groups excluding carboxylic acids is 1. The third kappa shape index (κ3) is 3.78. The first-order valence-corrected chi connectivity index (χ1v) is 8.27. The number of aromatic hydroxyl groups is 1. The Bertz CT molecular complexity index is 1150. The second kappa shape index (κ2) is 7.84. The van der Waals surface area contributed by atoms with Crippen molar-refractivity contribution in [1.82, 2.24) is 4.98 Å². The topological polar surface area (TPSA) is 156 Å². The molecule has 1 heterocycles. The van der Waals surface area contributed by atoms with E-state index in [0.29, 0.717) is 17.2 Å². The summed E-state index contributed by atoms with van der Waals surface area (Å²) < 4.78 is 10.8. The van der Waals surface area contributed by atoms with E-state index in [1.807, 2.05) is 6.07 Å². The number of carboxylic acid groups (broad SMARTS) is 1. The lowest BCUT2D eigenvalue weighted by Gasteiger charge is -2.12. The number of hydrogen-bond acceptors (Lipinski definition) is 8. The molecule has 9 heteroatoms. The van der Waals surface area contributed by atoms with E-state index in [1.165, 1.54) is 19.2 Å². The monoisotopic (exact) mass is 393 g/mol. The number of carbonyl (C=O) groups is 2. The van der Waals surface area contributed by atoms with Gasteiger partial charge in [0.1, 0.15) is 29.0 Å². The van der Waals surface area contributed by atoms with Crippen LogP contribution in [-0.2, 0) is 4.79 Å². The number of nitriles is 1. The molecule has 1 unspecified atom stereocenters. The molecule has 0 aliphatic heterocycles. The van der Waals surface area contributed by atoms with Gasteiger partial charge in [0.2, 0.25) is 5.78 Å². The predicted octanol–water partition coefficient (Wildman–Crippen LogP) is 2.21. The normalized spacial score (nSPS) is 11.5. The maximum Gasteiger partial charge on any atom is 0.328 e. The molecule has 0 aliphatic rings. The highest BCUT2D eigenvalue weighted by atomic mass is 16.5. The summed E-state index contributed by atoms with van der Waals surface area (Å²) in [5.41, 5.74) is 4.58. The summed E-state index contributed by atoms with van der Waals surface area (Å²) in [6, 6.07) is 11.2. The van der Waals surface area contributed by atoms with Crippen LogP contribution in [0.2, 0.25) is 0 Å². The van der Waals surface area contributed by atoms with Gasteiger partial charge >= 0.3 is 5.97 Å². The minimum absolute atomic E-state index is 0.100. The van der Waals surface area contributed by atoms with Crippen molar-refractivity contribution in [3.8, 4) is 29.1 Å². The average Bonchev–Trinajstić information content (AvgIpc) is 2.73. The van der Waals surface area contributed by atoms with Gasteiger partial charge in [-0.3, -0.25) is 9.59 Å². The molecule has 2 aromatic carbocycles. The van der Waals surface area contributed by atoms with Gasteiger partial charge in [0.25, 0.3) is 0 Å². The van der Waals surface area contributed by atoms with Gasteiger partial charge in [-0.15, -0.1) is 0 Å². The zero-order chi connectivity index (χ0) is 21.1. The maximum atomic E-state index is 12.3. The van der Waals surface area contributed by atoms with E-state index in [2.05, 4.69) is 4.98 Å². The third-order valence-corrected chi connectivity index (χ3v) is 4.13. The van der Waals surface area contributed by atoms with E-state index >= 15 is 0 Å². The molecule has 29 heavy (non-hydrogen) atoms. The van der Waals surface area contributed by atoms with Crippen LogP contribution in [0.25, 0.3) is 10.8 Å². The number of hydrogen-bond donors (Lipinski definition) is 3. The maximum absolute atomic E-state index is 12.3. The summed E-state index contributed by atoms with van der Waals surface area (Å²) >= 11 is 0. The van der Waals surface area contributed by atoms with Crippen LogP contribution in [0.1, 0.15) is 16.2 Å². The Morgan fingerprint density at radius 3 is 2.31 bits per heavy atom. The molecule has 0 saturated carbocycles. The standard InChI is InChI=1S/C20H15N3O6/c1-28-10-2-4-11(5-3-10)29-12-6-7-13-14(8-12)18(24)17(23-15(13)9-21)19(25)16(22)20(26)27/h2-8,16,24H,22H2,1H3,(H,26,27). The van der Waals surface area contributed by atoms with E-state index in [1.54, 1.807) is 30.3 Å². The fraction of sp³-hybridized carbons (Fsp3) is 0.100. The van der Waals surface area contributed by atoms with Crippen LogP contribution in [0.5, 0.6) is 23.0 Å². The average molecular weight is 393 g/mol. The number of benzene rings is 2. The molecule has 0 radical (unpaired) electrons. The second-order valence-electron chi connectivity index (χ2n) is 5.93. The Labute approximate surface area is 164 Å². The van der Waals surface area contributed by atoms with Crippen LogP contribution < -0.4 is 15.2 Å². The highest BCUT2D eigenvalue weighted by Crippen LogP contribution is 2.34. The Morgan fingerprint density at radius 2 is 1.72 bits per heavy atom. The number of Topliss-reactive ketones (excluding diaryl/α,β-unsaturated/α-hetero) is 1. The van der Waals surface area contributed by atoms with E-state index in [9.17, 15) is 20.0 Å². The number of nitrogens with zero attached hydrogens (tertiary/aromatic N) is 2. The van der Waals surface area contributed by atoms with Crippen LogP contribution in [0.4, 0.5) is 0 Å². The molecule has 0 bridgehead atoms. The number of fused-ring (bicyclic) bond motifs is 1. The van der Waals surface area contributed by atoms with Crippen molar-refractivity contribution in [2.24, 2.45) is 5.73 Å². The quantitative estimate of drug-likeness (QED) is 0.422. The van der Waals surface area contributed by atoms with Gasteiger partial charge in [-0.25, -0.2) is 4.98 Å². The van der Waals surface area contributed by atoms with Gasteiger partial charge in [0.05, 0.1) is 7.11 Å². The van der Waals surface area contributed by atoms with Crippen molar-refractivity contribution in [2.75, 3.05) is 7.11 Å². The van der Waals surface area contributed by atoms with Crippen LogP contribution >= 0.6 is 0 Å². The number of methoxy groups -OCH3 is 1. The lowest BCUT2D eigenvalue weighted by Crippen LogP contribution is -2.39. The summed E-state index contributed by atoms with van der Waals surface area (Å²) in [7, 11) is 1.54. The highest BCUT2D eigenvalue weighted by Gasteiger charge is 2.28. The smallest absolute Gasteiger partial charge is 0.328 e. The largest absolute Gasteiger partial charge is 0.505 e. The van der Waals surface area contributed by atoms with Crippen molar-refractivity contribution in [1.29, 1.82) is 5.26 Å². The minimum atomic E-state index is -1.92. The lowest BCUT2D eigenvalue weighted by molar-refractivity contribution is -0.137. The molecule has 9 nitrogen and oxygen atoms in total. The second-order valence-corrected chi connectivity index (χ2v) is 5.93. The molecule has 4 N–H and O–H groups in total. The molecule has 0 amide bonds. The van der Waals surface area contributed by atoms with Crippen molar-refractivity contribution in [3.63, 3.8) is 0 Å². The van der Waals surface area contributed by atoms with Crippen molar-refractivity contribution >= 4 is 22.5 Å². The first-order valence-electron chi connectivity index (χ1n) is 8.27. The van der Waals surface area contributed by atoms with Crippen LogP contribution in [-0.4, -0.2) is 40.1 Å². The Balaban J connectivity index is 2.08. The summed E-state index contributed by atoms with van der Waals surface area (Å²) in [5, 5.41) is 29.2. The molecule has 0 spiro atoms. The van der Waals surface area contributed by atoms with Gasteiger partial charge in [0, 0.05) is 10.8 Å². The van der Waals surface area contributed by atoms with Crippen molar-refractivity contribution < 1.29 is 29.3 Å². The highest BCUT2D eigenvalue weighted by molar-refractivity contribution is 6.14. The fourth-order valence-electron chi connectivity index (χ4n) is 2.64. The molecule has 0 saturated heterocycles. The molecule has 1 aromatic heterocycles. The first-order chi connectivity index (χ1) is 13.8. The Hall–Kier alpha value is -4.16. The molecule has 3 rings (SSSR count). The Kier molecular flexibility index (Phi) is 5.29. The molecular formula is C20H15N3O6. The van der Waals surface area contributed by atoms with E-state index in [4.69, 9.17) is 20.3 Å². The number of pyridine rings is 1. The van der Waals surface area contributed by atoms with Crippen LogP contribution in [0, 0.1) is 11.3 Å². The van der Waals surface area contributed by atoms with Gasteiger partial charge in [-0.2, -0.15) is 5.26 Å². The third-order valence-electron chi connectivity index (χ3n) is 4.13. The number of rotatable bonds is 6. The molecule has 0 aliphatic carbocycles. The number of aromatic nitrogens is 1. The van der Waals surface area contributed by atoms with Crippen LogP contribution in [0.15, 0.2) is 42.5 Å². The molecule has 0 fully saturated rings. The number of ketones is 1. The number of carboxylic acids is 1. The first kappa shape index (κ1) is 19.6. The molecular weight excluding hydrogens is 378 g/mol. The van der Waals surface area contributed by atoms with E-state index < -0.39 is 29.2 Å². The molecule has 1 atom stereocenters. The molecule has 146 valence electrons. The SMILES string of the molecule is COc1ccc(Oc2ccc3c(C#N)nc(C(=O)C(N)C(=O)O)c(O)c3c2)cc1. The summed E-state index contributed by atoms with van der Waals surface area (Å²) in [5.74, 6) is -1.82. The summed E-state index contributed by atoms with van der Waals surface area (Å²) in [4.78, 5) is 27.1. The zero-order valence-corrected chi connectivity index (χ0v) is 15.1. The minimum Gasteiger partial charge on any atom is -0.505 e. The number of ether oxygens (including phenoxy) is 2. The van der Waals surface area contributed by atoms with Crippen molar-refractivity contribution in [3.05, 3.63) is 53.9 Å². The van der Waals surface area contributed by atoms with Gasteiger partial charge in [-0.1, -0.05) is 0 Å².